The molecule has 1 aliphatic rings. The monoisotopic (exact) mass is 547 g/mol. The Bertz CT molecular complexity index is 1690. The van der Waals surface area contributed by atoms with Gasteiger partial charge in [0.05, 0.1) is 22.0 Å². The molecule has 0 spiro atoms. The van der Waals surface area contributed by atoms with Gasteiger partial charge in [0, 0.05) is 17.0 Å². The normalized spacial score (nSPS) is 14.5. The van der Waals surface area contributed by atoms with Gasteiger partial charge in [0.1, 0.15) is 11.5 Å². The van der Waals surface area contributed by atoms with Gasteiger partial charge in [0.25, 0.3) is 15.9 Å². The molecule has 0 saturated heterocycles. The van der Waals surface area contributed by atoms with E-state index in [0.29, 0.717) is 52.6 Å². The summed E-state index contributed by atoms with van der Waals surface area (Å²) in [6, 6.07) is 12.9. The second-order valence-corrected chi connectivity index (χ2v) is 11.9. The first-order valence-electron chi connectivity index (χ1n) is 12.2. The van der Waals surface area contributed by atoms with Crippen molar-refractivity contribution >= 4 is 33.3 Å². The lowest BCUT2D eigenvalue weighted by Gasteiger charge is -2.26. The Hall–Kier alpha value is -4.32. The smallest absolute Gasteiger partial charge is 0.267 e. The van der Waals surface area contributed by atoms with E-state index in [4.69, 9.17) is 0 Å². The number of carbonyl (C=O) groups is 1. The van der Waals surface area contributed by atoms with Crippen LogP contribution in [-0.2, 0) is 22.9 Å². The third kappa shape index (κ3) is 5.60. The van der Waals surface area contributed by atoms with Crippen molar-refractivity contribution in [3.05, 3.63) is 88.8 Å². The van der Waals surface area contributed by atoms with Crippen LogP contribution in [0.25, 0.3) is 0 Å². The van der Waals surface area contributed by atoms with Crippen molar-refractivity contribution in [3.8, 4) is 0 Å². The fraction of sp³-hybridized carbons (Fsp3) is 0.259. The molecule has 2 aromatic carbocycles. The van der Waals surface area contributed by atoms with Crippen LogP contribution in [0.4, 0.5) is 21.7 Å². The van der Waals surface area contributed by atoms with Gasteiger partial charge in [-0.15, -0.1) is 5.11 Å². The van der Waals surface area contributed by atoms with Crippen molar-refractivity contribution in [1.82, 2.24) is 19.7 Å². The van der Waals surface area contributed by atoms with Gasteiger partial charge in [-0.3, -0.25) is 4.79 Å². The van der Waals surface area contributed by atoms with Crippen LogP contribution >= 0.6 is 0 Å². The summed E-state index contributed by atoms with van der Waals surface area (Å²) in [7, 11) is -3.91. The number of aromatic nitrogens is 4. The molecule has 0 amide bonds. The largest absolute Gasteiger partial charge is 0.278 e. The first-order valence-corrected chi connectivity index (χ1v) is 13.7. The summed E-state index contributed by atoms with van der Waals surface area (Å²) >= 11 is 0. The average Bonchev–Trinajstić information content (AvgIpc) is 3.08. The average molecular weight is 548 g/mol. The van der Waals surface area contributed by atoms with E-state index in [1.165, 1.54) is 53.2 Å². The fourth-order valence-electron chi connectivity index (χ4n) is 4.49. The van der Waals surface area contributed by atoms with E-state index in [-0.39, 0.29) is 22.2 Å². The fourth-order valence-corrected chi connectivity index (χ4v) is 5.43. The van der Waals surface area contributed by atoms with Gasteiger partial charge >= 0.3 is 0 Å². The van der Waals surface area contributed by atoms with E-state index in [2.05, 4.69) is 43.9 Å². The Kier molecular flexibility index (Phi) is 6.59. The Morgan fingerprint density at radius 2 is 1.62 bits per heavy atom. The number of anilines is 1. The van der Waals surface area contributed by atoms with Crippen molar-refractivity contribution in [1.29, 1.82) is 0 Å². The zero-order chi connectivity index (χ0) is 27.9. The molecule has 0 atom stereocenters. The van der Waals surface area contributed by atoms with Gasteiger partial charge in [-0.25, -0.2) is 27.5 Å². The van der Waals surface area contributed by atoms with Gasteiger partial charge in [-0.1, -0.05) is 13.8 Å². The number of azo groups is 1. The van der Waals surface area contributed by atoms with Crippen molar-refractivity contribution < 1.29 is 17.6 Å². The lowest BCUT2D eigenvalue weighted by atomic mass is 9.79. The molecule has 2 bridgehead atoms. The standard InChI is InChI=1S/C27H26FN7O3S/c1-16-13-17(2)30-26(29-16)34-39(37,38)21-11-9-20(10-12-21)31-32-24-22-14-27(3,4)15-23(24)35(33-22)25(36)18-5-7-19(28)8-6-18/h5-13H,14-15H2,1-4H3,(H,29,30,34). The predicted octanol–water partition coefficient (Wildman–Crippen LogP) is 5.46. The summed E-state index contributed by atoms with van der Waals surface area (Å²) < 4.78 is 42.7. The number of carbonyl (C=O) groups excluding carboxylic acids is 1. The summed E-state index contributed by atoms with van der Waals surface area (Å²) in [6.45, 7) is 7.67. The van der Waals surface area contributed by atoms with Gasteiger partial charge in [0.2, 0.25) is 5.95 Å². The van der Waals surface area contributed by atoms with E-state index >= 15 is 0 Å². The zero-order valence-corrected chi connectivity index (χ0v) is 22.6. The van der Waals surface area contributed by atoms with E-state index in [9.17, 15) is 17.6 Å². The summed E-state index contributed by atoms with van der Waals surface area (Å²) in [4.78, 5) is 21.4. The number of benzene rings is 2. The molecule has 0 fully saturated rings. The van der Waals surface area contributed by atoms with Crippen molar-refractivity contribution in [2.24, 2.45) is 15.6 Å². The number of aryl methyl sites for hydroxylation is 2. The number of fused-ring (bicyclic) bond motifs is 2. The molecule has 2 aromatic heterocycles. The molecule has 0 saturated carbocycles. The van der Waals surface area contributed by atoms with Crippen molar-refractivity contribution in [2.45, 2.75) is 45.4 Å². The first-order chi connectivity index (χ1) is 18.4. The lowest BCUT2D eigenvalue weighted by Crippen LogP contribution is -2.23. The lowest BCUT2D eigenvalue weighted by molar-refractivity contribution is 0.0941. The van der Waals surface area contributed by atoms with Crippen molar-refractivity contribution in [3.63, 3.8) is 0 Å². The number of sulfonamides is 1. The number of halogens is 1. The van der Waals surface area contributed by atoms with E-state index in [0.717, 1.165) is 0 Å². The third-order valence-electron chi connectivity index (χ3n) is 6.22. The zero-order valence-electron chi connectivity index (χ0n) is 21.8. The minimum atomic E-state index is -3.91. The Morgan fingerprint density at radius 1 is 0.974 bits per heavy atom. The second-order valence-electron chi connectivity index (χ2n) is 10.3. The van der Waals surface area contributed by atoms with Gasteiger partial charge < -0.3 is 0 Å². The molecule has 1 N–H and O–H groups in total. The van der Waals surface area contributed by atoms with Crippen LogP contribution in [0.3, 0.4) is 0 Å². The molecule has 0 aliphatic heterocycles. The highest BCUT2D eigenvalue weighted by Crippen LogP contribution is 2.41. The summed E-state index contributed by atoms with van der Waals surface area (Å²) in [6.07, 6.45) is 1.14. The second kappa shape index (κ2) is 9.77. The molecule has 2 heterocycles. The molecule has 0 unspecified atom stereocenters. The number of nitrogens with zero attached hydrogens (tertiary/aromatic N) is 6. The van der Waals surface area contributed by atoms with E-state index < -0.39 is 15.8 Å². The third-order valence-corrected chi connectivity index (χ3v) is 7.56. The summed E-state index contributed by atoms with van der Waals surface area (Å²) in [5.41, 5.74) is 3.66. The maximum absolute atomic E-state index is 13.4. The number of nitrogens with one attached hydrogen (secondary N) is 1. The molecule has 1 aliphatic carbocycles. The molecule has 39 heavy (non-hydrogen) atoms. The highest BCUT2D eigenvalue weighted by atomic mass is 32.2. The van der Waals surface area contributed by atoms with Gasteiger partial charge in [-0.2, -0.15) is 14.9 Å². The number of rotatable bonds is 6. The van der Waals surface area contributed by atoms with E-state index in [1.807, 2.05) is 0 Å². The Balaban J connectivity index is 1.40. The SMILES string of the molecule is Cc1cc(C)nc(NS(=O)(=O)c2ccc(N=Nc3c4nn(C(=O)c5ccc(F)cc5)c3CC(C)(C)C4)cc2)n1. The maximum atomic E-state index is 13.4. The highest BCUT2D eigenvalue weighted by molar-refractivity contribution is 7.92. The van der Waals surface area contributed by atoms with Crippen LogP contribution in [-0.4, -0.2) is 34.1 Å². The molecule has 200 valence electrons. The number of hydrogen-bond donors (Lipinski definition) is 1. The Labute approximate surface area is 225 Å². The van der Waals surface area contributed by atoms with Crippen LogP contribution in [0.2, 0.25) is 0 Å². The molecular weight excluding hydrogens is 521 g/mol. The molecule has 0 radical (unpaired) electrons. The Morgan fingerprint density at radius 3 is 2.26 bits per heavy atom. The molecular formula is C27H26FN7O3S. The van der Waals surface area contributed by atoms with Crippen LogP contribution in [0, 0.1) is 25.1 Å². The minimum Gasteiger partial charge on any atom is -0.267 e. The maximum Gasteiger partial charge on any atom is 0.278 e. The minimum absolute atomic E-state index is 0.000833. The van der Waals surface area contributed by atoms with E-state index in [1.54, 1.807) is 19.9 Å². The van der Waals surface area contributed by atoms with Crippen LogP contribution in [0.1, 0.15) is 47.0 Å². The van der Waals surface area contributed by atoms with Gasteiger partial charge in [-0.05, 0) is 86.7 Å². The highest BCUT2D eigenvalue weighted by Gasteiger charge is 2.35. The molecule has 10 nitrogen and oxygen atoms in total. The van der Waals surface area contributed by atoms with Crippen molar-refractivity contribution in [2.75, 3.05) is 4.72 Å². The molecule has 5 rings (SSSR count). The predicted molar refractivity (Wildman–Crippen MR) is 142 cm³/mol. The summed E-state index contributed by atoms with van der Waals surface area (Å²) in [5.74, 6) is -0.804. The van der Waals surface area contributed by atoms with Gasteiger partial charge in [0.15, 0.2) is 0 Å². The first kappa shape index (κ1) is 26.3. The van der Waals surface area contributed by atoms with Crippen LogP contribution in [0.15, 0.2) is 69.7 Å². The van der Waals surface area contributed by atoms with Crippen LogP contribution in [0.5, 0.6) is 0 Å². The molecule has 4 aromatic rings. The number of hydrogen-bond acceptors (Lipinski definition) is 8. The quantitative estimate of drug-likeness (QED) is 0.319. The molecule has 12 heteroatoms. The summed E-state index contributed by atoms with van der Waals surface area (Å²) in [5, 5.41) is 13.2. The van der Waals surface area contributed by atoms with Crippen LogP contribution < -0.4 is 4.72 Å². The topological polar surface area (TPSA) is 132 Å².